The predicted molar refractivity (Wildman–Crippen MR) is 66.7 cm³/mol. The molecule has 0 fully saturated rings. The van der Waals surface area contributed by atoms with Crippen molar-refractivity contribution < 1.29 is 19.7 Å². The van der Waals surface area contributed by atoms with E-state index in [4.69, 9.17) is 4.74 Å². The van der Waals surface area contributed by atoms with Crippen LogP contribution in [0.1, 0.15) is 31.7 Å². The molecule has 0 saturated carbocycles. The number of carboxylic acid groups (broad SMARTS) is 1. The van der Waals surface area contributed by atoms with Gasteiger partial charge in [-0.3, -0.25) is 0 Å². The number of hydrogen-bond acceptors (Lipinski definition) is 3. The molecule has 0 amide bonds. The van der Waals surface area contributed by atoms with Gasteiger partial charge in [0.1, 0.15) is 5.75 Å². The number of hydrogen-bond donors (Lipinski definition) is 2. The molecule has 1 aromatic carbocycles. The Morgan fingerprint density at radius 3 is 2.78 bits per heavy atom. The highest BCUT2D eigenvalue weighted by Crippen LogP contribution is 2.44. The van der Waals surface area contributed by atoms with Gasteiger partial charge >= 0.3 is 5.97 Å². The second-order valence-electron chi connectivity index (χ2n) is 4.89. The van der Waals surface area contributed by atoms with E-state index >= 15 is 0 Å². The van der Waals surface area contributed by atoms with Crippen LogP contribution in [0, 0.1) is 5.92 Å². The smallest absolute Gasteiger partial charge is 0.336 e. The number of aliphatic carboxylic acids is 1. The molecule has 3 atom stereocenters. The minimum atomic E-state index is -1.74. The third kappa shape index (κ3) is 1.86. The van der Waals surface area contributed by atoms with E-state index in [2.05, 4.69) is 0 Å². The zero-order valence-corrected chi connectivity index (χ0v) is 10.6. The largest absolute Gasteiger partial charge is 0.493 e. The maximum absolute atomic E-state index is 11.4. The van der Waals surface area contributed by atoms with Crippen molar-refractivity contribution in [3.63, 3.8) is 0 Å². The Morgan fingerprint density at radius 1 is 1.50 bits per heavy atom. The monoisotopic (exact) mass is 250 g/mol. The van der Waals surface area contributed by atoms with Crippen LogP contribution in [0.2, 0.25) is 0 Å². The van der Waals surface area contributed by atoms with Crippen molar-refractivity contribution in [2.45, 2.75) is 31.8 Å². The lowest BCUT2D eigenvalue weighted by Crippen LogP contribution is -2.48. The highest BCUT2D eigenvalue weighted by atomic mass is 16.5. The number of carbonyl (C=O) groups is 1. The molecule has 1 aliphatic heterocycles. The van der Waals surface area contributed by atoms with Crippen LogP contribution in [0.25, 0.3) is 0 Å². The van der Waals surface area contributed by atoms with Gasteiger partial charge in [-0.2, -0.15) is 0 Å². The summed E-state index contributed by atoms with van der Waals surface area (Å²) < 4.78 is 5.58. The lowest BCUT2D eigenvalue weighted by Gasteiger charge is -2.39. The van der Waals surface area contributed by atoms with Crippen molar-refractivity contribution in [3.8, 4) is 5.75 Å². The molecular formula is C14H18O4. The van der Waals surface area contributed by atoms with Gasteiger partial charge in [0.25, 0.3) is 0 Å². The maximum atomic E-state index is 11.4. The first-order valence-electron chi connectivity index (χ1n) is 6.18. The van der Waals surface area contributed by atoms with E-state index in [1.807, 2.05) is 31.2 Å². The van der Waals surface area contributed by atoms with E-state index in [1.165, 1.54) is 0 Å². The molecule has 0 spiro atoms. The molecule has 3 unspecified atom stereocenters. The molecule has 1 aliphatic rings. The predicted octanol–water partition coefficient (Wildman–Crippen LogP) is 2.02. The fourth-order valence-corrected chi connectivity index (χ4v) is 2.72. The SMILES string of the molecule is CCC(O)(C(=O)O)C1c2ccccc2OCC1C. The summed E-state index contributed by atoms with van der Waals surface area (Å²) in [7, 11) is 0. The van der Waals surface area contributed by atoms with Crippen molar-refractivity contribution in [2.75, 3.05) is 6.61 Å². The first kappa shape index (κ1) is 12.9. The zero-order valence-electron chi connectivity index (χ0n) is 10.6. The maximum Gasteiger partial charge on any atom is 0.336 e. The van der Waals surface area contributed by atoms with E-state index in [9.17, 15) is 15.0 Å². The minimum absolute atomic E-state index is 0.0408. The average molecular weight is 250 g/mol. The van der Waals surface area contributed by atoms with Crippen LogP contribution in [0.4, 0.5) is 0 Å². The quantitative estimate of drug-likeness (QED) is 0.861. The highest BCUT2D eigenvalue weighted by molar-refractivity contribution is 5.79. The summed E-state index contributed by atoms with van der Waals surface area (Å²) in [6.45, 7) is 4.03. The van der Waals surface area contributed by atoms with Gasteiger partial charge in [-0.1, -0.05) is 32.0 Å². The van der Waals surface area contributed by atoms with Crippen molar-refractivity contribution in [1.82, 2.24) is 0 Å². The third-order valence-electron chi connectivity index (χ3n) is 3.75. The number of carboxylic acids is 1. The number of fused-ring (bicyclic) bond motifs is 1. The number of benzene rings is 1. The second-order valence-corrected chi connectivity index (χ2v) is 4.89. The summed E-state index contributed by atoms with van der Waals surface area (Å²) in [6.07, 6.45) is 0.172. The van der Waals surface area contributed by atoms with Crippen LogP contribution in [0.5, 0.6) is 5.75 Å². The molecule has 18 heavy (non-hydrogen) atoms. The lowest BCUT2D eigenvalue weighted by atomic mass is 9.72. The number of ether oxygens (including phenoxy) is 1. The molecule has 0 aliphatic carbocycles. The fourth-order valence-electron chi connectivity index (χ4n) is 2.72. The summed E-state index contributed by atoms with van der Waals surface area (Å²) in [5.41, 5.74) is -0.956. The van der Waals surface area contributed by atoms with Crippen molar-refractivity contribution >= 4 is 5.97 Å². The fraction of sp³-hybridized carbons (Fsp3) is 0.500. The van der Waals surface area contributed by atoms with Gasteiger partial charge in [-0.05, 0) is 12.5 Å². The minimum Gasteiger partial charge on any atom is -0.493 e. The zero-order chi connectivity index (χ0) is 13.3. The first-order chi connectivity index (χ1) is 8.50. The summed E-state index contributed by atoms with van der Waals surface area (Å²) in [6, 6.07) is 7.33. The summed E-state index contributed by atoms with van der Waals surface area (Å²) >= 11 is 0. The molecule has 0 bridgehead atoms. The van der Waals surface area contributed by atoms with E-state index in [1.54, 1.807) is 6.92 Å². The van der Waals surface area contributed by atoms with Crippen LogP contribution in [0.15, 0.2) is 24.3 Å². The van der Waals surface area contributed by atoms with E-state index in [-0.39, 0.29) is 12.3 Å². The van der Waals surface area contributed by atoms with Crippen LogP contribution in [-0.2, 0) is 4.79 Å². The standard InChI is InChI=1S/C14H18O4/c1-3-14(17,13(15)16)12-9(2)8-18-11-7-5-4-6-10(11)12/h4-7,9,12,17H,3,8H2,1-2H3,(H,15,16). The molecule has 4 heteroatoms. The molecule has 0 saturated heterocycles. The molecule has 1 aromatic rings. The lowest BCUT2D eigenvalue weighted by molar-refractivity contribution is -0.164. The van der Waals surface area contributed by atoms with Crippen LogP contribution in [-0.4, -0.2) is 28.4 Å². The molecule has 2 rings (SSSR count). The van der Waals surface area contributed by atoms with Gasteiger partial charge in [0.2, 0.25) is 0 Å². The van der Waals surface area contributed by atoms with E-state index in [0.717, 1.165) is 5.56 Å². The molecule has 1 heterocycles. The Balaban J connectivity index is 2.52. The summed E-state index contributed by atoms with van der Waals surface area (Å²) in [5, 5.41) is 19.8. The summed E-state index contributed by atoms with van der Waals surface area (Å²) in [4.78, 5) is 11.4. The van der Waals surface area contributed by atoms with Crippen molar-refractivity contribution in [1.29, 1.82) is 0 Å². The topological polar surface area (TPSA) is 66.8 Å². The Bertz CT molecular complexity index is 457. The van der Waals surface area contributed by atoms with Gasteiger partial charge in [-0.15, -0.1) is 0 Å². The average Bonchev–Trinajstić information content (AvgIpc) is 2.37. The molecule has 4 nitrogen and oxygen atoms in total. The number of aliphatic hydroxyl groups is 1. The van der Waals surface area contributed by atoms with Gasteiger partial charge < -0.3 is 14.9 Å². The molecule has 98 valence electrons. The summed E-state index contributed by atoms with van der Waals surface area (Å²) in [5.74, 6) is -0.974. The number of rotatable bonds is 3. The van der Waals surface area contributed by atoms with Crippen molar-refractivity contribution in [3.05, 3.63) is 29.8 Å². The van der Waals surface area contributed by atoms with Crippen LogP contribution >= 0.6 is 0 Å². The van der Waals surface area contributed by atoms with E-state index < -0.39 is 17.5 Å². The van der Waals surface area contributed by atoms with Crippen LogP contribution < -0.4 is 4.74 Å². The first-order valence-corrected chi connectivity index (χ1v) is 6.18. The van der Waals surface area contributed by atoms with Crippen LogP contribution in [0.3, 0.4) is 0 Å². The molecular weight excluding hydrogens is 232 g/mol. The number of para-hydroxylation sites is 1. The van der Waals surface area contributed by atoms with Gasteiger partial charge in [0, 0.05) is 17.4 Å². The van der Waals surface area contributed by atoms with E-state index in [0.29, 0.717) is 12.4 Å². The Hall–Kier alpha value is -1.55. The molecule has 0 radical (unpaired) electrons. The second kappa shape index (κ2) is 4.61. The van der Waals surface area contributed by atoms with Gasteiger partial charge in [0.05, 0.1) is 6.61 Å². The Morgan fingerprint density at radius 2 is 2.17 bits per heavy atom. The molecule has 0 aromatic heterocycles. The Kier molecular flexibility index (Phi) is 3.30. The normalized spacial score (nSPS) is 25.7. The highest BCUT2D eigenvalue weighted by Gasteiger charge is 2.48. The molecule has 2 N–H and O–H groups in total. The Labute approximate surface area is 106 Å². The van der Waals surface area contributed by atoms with Gasteiger partial charge in [0.15, 0.2) is 5.60 Å². The third-order valence-corrected chi connectivity index (χ3v) is 3.75. The van der Waals surface area contributed by atoms with Gasteiger partial charge in [-0.25, -0.2) is 4.79 Å². The van der Waals surface area contributed by atoms with Crippen molar-refractivity contribution in [2.24, 2.45) is 5.92 Å².